The van der Waals surface area contributed by atoms with Gasteiger partial charge in [0.25, 0.3) is 0 Å². The minimum absolute atomic E-state index is 0.0202. The van der Waals surface area contributed by atoms with Gasteiger partial charge < -0.3 is 15.3 Å². The molecule has 0 aliphatic carbocycles. The summed E-state index contributed by atoms with van der Waals surface area (Å²) in [6, 6.07) is 0. The summed E-state index contributed by atoms with van der Waals surface area (Å²) in [4.78, 5) is 35.6. The molecule has 2 amide bonds. The van der Waals surface area contributed by atoms with Gasteiger partial charge in [-0.3, -0.25) is 14.4 Å². The molecule has 1 rings (SSSR count). The summed E-state index contributed by atoms with van der Waals surface area (Å²) in [6.45, 7) is 6.72. The minimum Gasteiger partial charge on any atom is -0.481 e. The van der Waals surface area contributed by atoms with E-state index in [0.29, 0.717) is 32.5 Å². The van der Waals surface area contributed by atoms with Gasteiger partial charge in [0, 0.05) is 33.0 Å². The highest BCUT2D eigenvalue weighted by Crippen LogP contribution is 2.30. The smallest absolute Gasteiger partial charge is 0.308 e. The van der Waals surface area contributed by atoms with Crippen molar-refractivity contribution in [3.8, 4) is 0 Å². The van der Waals surface area contributed by atoms with Gasteiger partial charge in [-0.25, -0.2) is 0 Å². The van der Waals surface area contributed by atoms with Gasteiger partial charge in [-0.1, -0.05) is 13.8 Å². The van der Waals surface area contributed by atoms with Crippen molar-refractivity contribution in [3.05, 3.63) is 0 Å². The van der Waals surface area contributed by atoms with E-state index in [-0.39, 0.29) is 23.7 Å². The van der Waals surface area contributed by atoms with Crippen LogP contribution in [-0.2, 0) is 14.4 Å². The highest BCUT2D eigenvalue weighted by molar-refractivity contribution is 5.79. The van der Waals surface area contributed by atoms with E-state index < -0.39 is 11.9 Å². The van der Waals surface area contributed by atoms with Crippen LogP contribution in [0.2, 0.25) is 0 Å². The number of carbonyl (C=O) groups excluding carboxylic acids is 2. The second kappa shape index (κ2) is 7.26. The fourth-order valence-corrected chi connectivity index (χ4v) is 2.63. The number of likely N-dealkylation sites (tertiary alicyclic amines) is 1. The number of hydrogen-bond donors (Lipinski definition) is 2. The maximum absolute atomic E-state index is 12.0. The predicted molar refractivity (Wildman–Crippen MR) is 74.0 cm³/mol. The number of rotatable bonds is 6. The molecule has 114 valence electrons. The average Bonchev–Trinajstić information content (AvgIpc) is 2.79. The maximum Gasteiger partial charge on any atom is 0.308 e. The summed E-state index contributed by atoms with van der Waals surface area (Å²) in [7, 11) is 0. The summed E-state index contributed by atoms with van der Waals surface area (Å²) in [5.41, 5.74) is 0. The van der Waals surface area contributed by atoms with E-state index in [1.165, 1.54) is 6.92 Å². The van der Waals surface area contributed by atoms with Crippen molar-refractivity contribution in [2.24, 2.45) is 17.8 Å². The van der Waals surface area contributed by atoms with Crippen molar-refractivity contribution >= 4 is 17.8 Å². The Kier molecular flexibility index (Phi) is 5.98. The molecule has 1 aliphatic rings. The molecule has 0 spiro atoms. The van der Waals surface area contributed by atoms with Gasteiger partial charge in [-0.2, -0.15) is 0 Å². The van der Waals surface area contributed by atoms with Gasteiger partial charge in [0.2, 0.25) is 11.8 Å². The van der Waals surface area contributed by atoms with E-state index in [2.05, 4.69) is 5.32 Å². The number of nitrogens with one attached hydrogen (secondary N) is 1. The van der Waals surface area contributed by atoms with E-state index in [9.17, 15) is 19.5 Å². The minimum atomic E-state index is -0.822. The third-order valence-electron chi connectivity index (χ3n) is 3.83. The van der Waals surface area contributed by atoms with Crippen molar-refractivity contribution in [2.75, 3.05) is 19.6 Å². The van der Waals surface area contributed by atoms with Crippen LogP contribution in [0.25, 0.3) is 0 Å². The molecule has 2 atom stereocenters. The molecule has 0 radical (unpaired) electrons. The number of hydrogen-bond acceptors (Lipinski definition) is 3. The first kappa shape index (κ1) is 16.5. The number of amides is 2. The van der Waals surface area contributed by atoms with Gasteiger partial charge in [0.05, 0.1) is 5.92 Å². The van der Waals surface area contributed by atoms with E-state index in [0.717, 1.165) is 0 Å². The molecule has 1 aliphatic heterocycles. The molecule has 1 heterocycles. The topological polar surface area (TPSA) is 86.7 Å². The molecule has 6 heteroatoms. The summed E-state index contributed by atoms with van der Waals surface area (Å²) in [6.07, 6.45) is 0.927. The predicted octanol–water partition coefficient (Wildman–Crippen LogP) is 0.718. The largest absolute Gasteiger partial charge is 0.481 e. The fourth-order valence-electron chi connectivity index (χ4n) is 2.63. The molecule has 0 aromatic rings. The van der Waals surface area contributed by atoms with Crippen LogP contribution in [0.3, 0.4) is 0 Å². The van der Waals surface area contributed by atoms with Crippen LogP contribution < -0.4 is 5.32 Å². The zero-order chi connectivity index (χ0) is 15.3. The molecule has 0 saturated carbocycles. The molecule has 6 nitrogen and oxygen atoms in total. The number of nitrogens with zero attached hydrogens (tertiary/aromatic N) is 1. The van der Waals surface area contributed by atoms with Crippen LogP contribution in [0.5, 0.6) is 0 Å². The van der Waals surface area contributed by atoms with Gasteiger partial charge in [0.15, 0.2) is 0 Å². The molecule has 0 bridgehead atoms. The average molecular weight is 284 g/mol. The lowest BCUT2D eigenvalue weighted by molar-refractivity contribution is -0.143. The molecule has 0 aromatic carbocycles. The Morgan fingerprint density at radius 1 is 1.30 bits per heavy atom. The van der Waals surface area contributed by atoms with Crippen LogP contribution in [0.4, 0.5) is 0 Å². The lowest BCUT2D eigenvalue weighted by Gasteiger charge is -2.18. The van der Waals surface area contributed by atoms with Crippen molar-refractivity contribution in [1.29, 1.82) is 0 Å². The molecule has 1 fully saturated rings. The lowest BCUT2D eigenvalue weighted by Crippen LogP contribution is -2.30. The van der Waals surface area contributed by atoms with Crippen LogP contribution in [0, 0.1) is 17.8 Å². The summed E-state index contributed by atoms with van der Waals surface area (Å²) in [5, 5.41) is 11.9. The SMILES string of the molecule is CC(=O)NCCCC(=O)N1C[C@@H](C(=O)O)[C@H](C(C)C)C1. The van der Waals surface area contributed by atoms with Gasteiger partial charge >= 0.3 is 5.97 Å². The van der Waals surface area contributed by atoms with Gasteiger partial charge in [-0.15, -0.1) is 0 Å². The zero-order valence-corrected chi connectivity index (χ0v) is 12.4. The van der Waals surface area contributed by atoms with Gasteiger partial charge in [0.1, 0.15) is 0 Å². The van der Waals surface area contributed by atoms with E-state index in [1.807, 2.05) is 13.8 Å². The summed E-state index contributed by atoms with van der Waals surface area (Å²) < 4.78 is 0. The molecular weight excluding hydrogens is 260 g/mol. The van der Waals surface area contributed by atoms with Crippen LogP contribution >= 0.6 is 0 Å². The normalized spacial score (nSPS) is 22.1. The van der Waals surface area contributed by atoms with Crippen molar-refractivity contribution < 1.29 is 19.5 Å². The number of carbonyl (C=O) groups is 3. The third-order valence-corrected chi connectivity index (χ3v) is 3.83. The number of carboxylic acids is 1. The van der Waals surface area contributed by atoms with Crippen LogP contribution in [-0.4, -0.2) is 47.4 Å². The van der Waals surface area contributed by atoms with E-state index in [1.54, 1.807) is 4.90 Å². The first-order valence-corrected chi connectivity index (χ1v) is 7.08. The van der Waals surface area contributed by atoms with Gasteiger partial charge in [-0.05, 0) is 18.3 Å². The first-order valence-electron chi connectivity index (χ1n) is 7.08. The van der Waals surface area contributed by atoms with Crippen LogP contribution in [0.15, 0.2) is 0 Å². The standard InChI is InChI=1S/C14H24N2O4/c1-9(2)11-7-16(8-12(11)14(19)20)13(18)5-4-6-15-10(3)17/h9,11-12H,4-8H2,1-3H3,(H,15,17)(H,19,20)/t11-,12+/m0/s1. The number of carboxylic acid groups (broad SMARTS) is 1. The molecule has 1 saturated heterocycles. The van der Waals surface area contributed by atoms with E-state index >= 15 is 0 Å². The maximum atomic E-state index is 12.0. The molecule has 20 heavy (non-hydrogen) atoms. The van der Waals surface area contributed by atoms with Crippen molar-refractivity contribution in [3.63, 3.8) is 0 Å². The number of aliphatic carboxylic acids is 1. The monoisotopic (exact) mass is 284 g/mol. The Balaban J connectivity index is 2.46. The molecule has 2 N–H and O–H groups in total. The Hall–Kier alpha value is -1.59. The summed E-state index contributed by atoms with van der Waals surface area (Å²) >= 11 is 0. The zero-order valence-electron chi connectivity index (χ0n) is 12.4. The lowest BCUT2D eigenvalue weighted by atomic mass is 9.86. The summed E-state index contributed by atoms with van der Waals surface area (Å²) in [5.74, 6) is -1.15. The second-order valence-electron chi connectivity index (χ2n) is 5.74. The van der Waals surface area contributed by atoms with Crippen molar-refractivity contribution in [2.45, 2.75) is 33.6 Å². The molecule has 0 aromatic heterocycles. The second-order valence-corrected chi connectivity index (χ2v) is 5.74. The quantitative estimate of drug-likeness (QED) is 0.704. The fraction of sp³-hybridized carbons (Fsp3) is 0.786. The Bertz CT molecular complexity index is 381. The molecule has 0 unspecified atom stereocenters. The van der Waals surface area contributed by atoms with Crippen LogP contribution in [0.1, 0.15) is 33.6 Å². The van der Waals surface area contributed by atoms with Crippen molar-refractivity contribution in [1.82, 2.24) is 10.2 Å². The first-order chi connectivity index (χ1) is 9.32. The third kappa shape index (κ3) is 4.51. The Labute approximate surface area is 119 Å². The highest BCUT2D eigenvalue weighted by atomic mass is 16.4. The highest BCUT2D eigenvalue weighted by Gasteiger charge is 2.40. The van der Waals surface area contributed by atoms with E-state index in [4.69, 9.17) is 0 Å². The Morgan fingerprint density at radius 3 is 2.40 bits per heavy atom. The molecular formula is C14H24N2O4. The Morgan fingerprint density at radius 2 is 1.95 bits per heavy atom.